The highest BCUT2D eigenvalue weighted by Crippen LogP contribution is 2.28. The average molecular weight is 298 g/mol. The van der Waals surface area contributed by atoms with Gasteiger partial charge < -0.3 is 4.90 Å². The SMILES string of the molecule is Cc1ccc(-c2nc(Cl)c3cc(N(C)C)ccc3n2)cc1. The fourth-order valence-electron chi connectivity index (χ4n) is 2.19. The molecule has 3 rings (SSSR count). The van der Waals surface area contributed by atoms with Crippen LogP contribution in [-0.4, -0.2) is 24.1 Å². The Morgan fingerprint density at radius 1 is 0.952 bits per heavy atom. The Balaban J connectivity index is 2.15. The summed E-state index contributed by atoms with van der Waals surface area (Å²) in [6.45, 7) is 2.06. The summed E-state index contributed by atoms with van der Waals surface area (Å²) in [4.78, 5) is 11.1. The first-order chi connectivity index (χ1) is 10.0. The fourth-order valence-corrected chi connectivity index (χ4v) is 2.42. The van der Waals surface area contributed by atoms with Crippen LogP contribution < -0.4 is 4.90 Å². The Morgan fingerprint density at radius 3 is 2.33 bits per heavy atom. The number of nitrogens with zero attached hydrogens (tertiary/aromatic N) is 3. The lowest BCUT2D eigenvalue weighted by Gasteiger charge is -2.13. The molecular weight excluding hydrogens is 282 g/mol. The second-order valence-electron chi connectivity index (χ2n) is 5.30. The summed E-state index contributed by atoms with van der Waals surface area (Å²) in [5.41, 5.74) is 4.12. The number of aromatic nitrogens is 2. The summed E-state index contributed by atoms with van der Waals surface area (Å²) in [5, 5.41) is 1.36. The molecular formula is C17H16ClN3. The third-order valence-electron chi connectivity index (χ3n) is 3.46. The number of halogens is 1. The first-order valence-electron chi connectivity index (χ1n) is 6.76. The predicted molar refractivity (Wildman–Crippen MR) is 89.0 cm³/mol. The molecule has 0 N–H and O–H groups in total. The van der Waals surface area contributed by atoms with Crippen LogP contribution in [0.1, 0.15) is 5.56 Å². The van der Waals surface area contributed by atoms with E-state index < -0.39 is 0 Å². The van der Waals surface area contributed by atoms with Crippen LogP contribution in [0.4, 0.5) is 5.69 Å². The van der Waals surface area contributed by atoms with Crippen LogP contribution in [0.25, 0.3) is 22.3 Å². The highest BCUT2D eigenvalue weighted by atomic mass is 35.5. The largest absolute Gasteiger partial charge is 0.378 e. The molecule has 1 heterocycles. The molecule has 0 radical (unpaired) electrons. The van der Waals surface area contributed by atoms with Crippen LogP contribution in [0, 0.1) is 6.92 Å². The number of hydrogen-bond donors (Lipinski definition) is 0. The van der Waals surface area contributed by atoms with Gasteiger partial charge in [-0.15, -0.1) is 0 Å². The van der Waals surface area contributed by atoms with Gasteiger partial charge in [0, 0.05) is 30.7 Å². The molecule has 2 aromatic carbocycles. The van der Waals surface area contributed by atoms with Gasteiger partial charge in [-0.1, -0.05) is 41.4 Å². The highest BCUT2D eigenvalue weighted by molar-refractivity contribution is 6.34. The molecule has 3 nitrogen and oxygen atoms in total. The molecule has 0 saturated carbocycles. The van der Waals surface area contributed by atoms with Gasteiger partial charge in [0.2, 0.25) is 0 Å². The van der Waals surface area contributed by atoms with Crippen molar-refractivity contribution < 1.29 is 0 Å². The molecule has 0 fully saturated rings. The summed E-state index contributed by atoms with van der Waals surface area (Å²) in [6.07, 6.45) is 0. The summed E-state index contributed by atoms with van der Waals surface area (Å²) in [7, 11) is 3.99. The van der Waals surface area contributed by atoms with Gasteiger partial charge in [-0.3, -0.25) is 0 Å². The summed E-state index contributed by atoms with van der Waals surface area (Å²) >= 11 is 6.35. The van der Waals surface area contributed by atoms with Crippen LogP contribution in [0.3, 0.4) is 0 Å². The van der Waals surface area contributed by atoms with Gasteiger partial charge >= 0.3 is 0 Å². The van der Waals surface area contributed by atoms with Gasteiger partial charge in [0.15, 0.2) is 5.82 Å². The molecule has 0 bridgehead atoms. The maximum Gasteiger partial charge on any atom is 0.161 e. The smallest absolute Gasteiger partial charge is 0.161 e. The van der Waals surface area contributed by atoms with Crippen LogP contribution >= 0.6 is 11.6 Å². The molecule has 0 amide bonds. The van der Waals surface area contributed by atoms with E-state index in [1.54, 1.807) is 0 Å². The maximum atomic E-state index is 6.35. The molecule has 1 aromatic heterocycles. The predicted octanol–water partition coefficient (Wildman–Crippen LogP) is 4.32. The van der Waals surface area contributed by atoms with Gasteiger partial charge in [-0.25, -0.2) is 9.97 Å². The average Bonchev–Trinajstić information content (AvgIpc) is 2.47. The lowest BCUT2D eigenvalue weighted by molar-refractivity contribution is 1.13. The van der Waals surface area contributed by atoms with Gasteiger partial charge in [0.25, 0.3) is 0 Å². The van der Waals surface area contributed by atoms with E-state index in [4.69, 9.17) is 11.6 Å². The molecule has 0 spiro atoms. The van der Waals surface area contributed by atoms with Crippen molar-refractivity contribution in [2.24, 2.45) is 0 Å². The highest BCUT2D eigenvalue weighted by Gasteiger charge is 2.09. The van der Waals surface area contributed by atoms with Crippen molar-refractivity contribution >= 4 is 28.2 Å². The van der Waals surface area contributed by atoms with Crippen LogP contribution in [0.15, 0.2) is 42.5 Å². The normalized spacial score (nSPS) is 10.9. The van der Waals surface area contributed by atoms with Crippen molar-refractivity contribution in [3.8, 4) is 11.4 Å². The third-order valence-corrected chi connectivity index (χ3v) is 3.75. The van der Waals surface area contributed by atoms with E-state index in [-0.39, 0.29) is 0 Å². The third kappa shape index (κ3) is 2.69. The van der Waals surface area contributed by atoms with Crippen molar-refractivity contribution in [2.45, 2.75) is 6.92 Å². The van der Waals surface area contributed by atoms with Crippen LogP contribution in [0.2, 0.25) is 5.15 Å². The first-order valence-corrected chi connectivity index (χ1v) is 7.14. The fraction of sp³-hybridized carbons (Fsp3) is 0.176. The van der Waals surface area contributed by atoms with Crippen molar-refractivity contribution in [1.29, 1.82) is 0 Å². The quantitative estimate of drug-likeness (QED) is 0.659. The molecule has 0 aliphatic carbocycles. The summed E-state index contributed by atoms with van der Waals surface area (Å²) in [6, 6.07) is 14.1. The molecule has 0 aliphatic rings. The molecule has 4 heteroatoms. The number of anilines is 1. The molecule has 0 saturated heterocycles. The molecule has 106 valence electrons. The minimum Gasteiger partial charge on any atom is -0.378 e. The van der Waals surface area contributed by atoms with E-state index in [9.17, 15) is 0 Å². The van der Waals surface area contributed by atoms with Gasteiger partial charge in [-0.05, 0) is 25.1 Å². The first kappa shape index (κ1) is 13.8. The number of hydrogen-bond acceptors (Lipinski definition) is 3. The van der Waals surface area contributed by atoms with E-state index in [1.165, 1.54) is 5.56 Å². The minimum atomic E-state index is 0.485. The monoisotopic (exact) mass is 297 g/mol. The van der Waals surface area contributed by atoms with Gasteiger partial charge in [0.1, 0.15) is 5.15 Å². The summed E-state index contributed by atoms with van der Waals surface area (Å²) in [5.74, 6) is 0.658. The Bertz CT molecular complexity index is 795. The number of benzene rings is 2. The maximum absolute atomic E-state index is 6.35. The molecule has 21 heavy (non-hydrogen) atoms. The minimum absolute atomic E-state index is 0.485. The van der Waals surface area contributed by atoms with Crippen molar-refractivity contribution in [3.63, 3.8) is 0 Å². The summed E-state index contributed by atoms with van der Waals surface area (Å²) < 4.78 is 0. The van der Waals surface area contributed by atoms with Crippen molar-refractivity contribution in [1.82, 2.24) is 9.97 Å². The topological polar surface area (TPSA) is 29.0 Å². The standard InChI is InChI=1S/C17H16ClN3/c1-11-4-6-12(7-5-11)17-19-15-9-8-13(21(2)3)10-14(15)16(18)20-17/h4-10H,1-3H3. The zero-order chi connectivity index (χ0) is 15.0. The van der Waals surface area contributed by atoms with E-state index in [0.29, 0.717) is 11.0 Å². The second kappa shape index (κ2) is 5.34. The Morgan fingerprint density at radius 2 is 1.67 bits per heavy atom. The lowest BCUT2D eigenvalue weighted by Crippen LogP contribution is -2.08. The van der Waals surface area contributed by atoms with Gasteiger partial charge in [0.05, 0.1) is 5.52 Å². The molecule has 0 atom stereocenters. The number of rotatable bonds is 2. The van der Waals surface area contributed by atoms with E-state index in [2.05, 4.69) is 16.9 Å². The Hall–Kier alpha value is -2.13. The lowest BCUT2D eigenvalue weighted by atomic mass is 10.1. The molecule has 3 aromatic rings. The van der Waals surface area contributed by atoms with Crippen molar-refractivity contribution in [2.75, 3.05) is 19.0 Å². The Kier molecular flexibility index (Phi) is 3.52. The van der Waals surface area contributed by atoms with E-state index >= 15 is 0 Å². The van der Waals surface area contributed by atoms with Crippen molar-refractivity contribution in [3.05, 3.63) is 53.2 Å². The van der Waals surface area contributed by atoms with Crippen LogP contribution in [-0.2, 0) is 0 Å². The van der Waals surface area contributed by atoms with E-state index in [1.807, 2.05) is 61.5 Å². The second-order valence-corrected chi connectivity index (χ2v) is 5.66. The van der Waals surface area contributed by atoms with E-state index in [0.717, 1.165) is 22.2 Å². The zero-order valence-electron chi connectivity index (χ0n) is 12.3. The van der Waals surface area contributed by atoms with Gasteiger partial charge in [-0.2, -0.15) is 0 Å². The molecule has 0 aliphatic heterocycles. The van der Waals surface area contributed by atoms with Crippen LogP contribution in [0.5, 0.6) is 0 Å². The molecule has 0 unspecified atom stereocenters. The number of fused-ring (bicyclic) bond motifs is 1. The number of aryl methyl sites for hydroxylation is 1. The zero-order valence-corrected chi connectivity index (χ0v) is 13.0. The Labute approximate surface area is 129 Å².